The van der Waals surface area contributed by atoms with Gasteiger partial charge in [0.05, 0.1) is 28.1 Å². The Morgan fingerprint density at radius 3 is 2.47 bits per heavy atom. The van der Waals surface area contributed by atoms with E-state index in [0.29, 0.717) is 38.1 Å². The molecule has 8 nitrogen and oxygen atoms in total. The number of nitrogens with two attached hydrogens (primary N) is 2. The molecule has 164 valence electrons. The Kier molecular flexibility index (Phi) is 6.18. The fourth-order valence-corrected chi connectivity index (χ4v) is 3.87. The molecule has 0 amide bonds. The lowest BCUT2D eigenvalue weighted by molar-refractivity contribution is 0.117. The van der Waals surface area contributed by atoms with Gasteiger partial charge in [-0.25, -0.2) is 9.97 Å². The van der Waals surface area contributed by atoms with E-state index in [2.05, 4.69) is 9.97 Å². The van der Waals surface area contributed by atoms with Crippen molar-refractivity contribution in [2.45, 2.75) is 0 Å². The summed E-state index contributed by atoms with van der Waals surface area (Å²) in [5.74, 6) is 1.09. The van der Waals surface area contributed by atoms with Crippen LogP contribution in [0.1, 0.15) is 0 Å². The Bertz CT molecular complexity index is 1350. The summed E-state index contributed by atoms with van der Waals surface area (Å²) >= 11 is 12.7. The number of hydrogen-bond acceptors (Lipinski definition) is 7. The number of halogens is 2. The number of aromatic nitrogens is 3. The number of methoxy groups -OCH3 is 1. The number of nitrogens with zero attached hydrogens (tertiary/aromatic N) is 3. The Labute approximate surface area is 193 Å². The molecule has 0 radical (unpaired) electrons. The van der Waals surface area contributed by atoms with Gasteiger partial charge in [-0.15, -0.1) is 4.73 Å². The quantitative estimate of drug-likeness (QED) is 0.442. The molecule has 0 saturated carbocycles. The minimum atomic E-state index is -0.504. The molecule has 0 spiro atoms. The van der Waals surface area contributed by atoms with Crippen LogP contribution in [0.4, 0.5) is 5.82 Å². The number of pyridine rings is 1. The van der Waals surface area contributed by atoms with Crippen LogP contribution in [0.3, 0.4) is 0 Å². The van der Waals surface area contributed by atoms with Gasteiger partial charge in [0.15, 0.2) is 11.5 Å². The van der Waals surface area contributed by atoms with Gasteiger partial charge in [-0.1, -0.05) is 41.4 Å². The SMILES string of the molecule is COc1cccc(-c2nc(N)c3cc(-c4c(Cl)cccc4Cl)c(=O)n(OCCN)c3n2)c1. The largest absolute Gasteiger partial charge is 0.497 e. The summed E-state index contributed by atoms with van der Waals surface area (Å²) in [5, 5.41) is 1.03. The molecule has 0 saturated heterocycles. The summed E-state index contributed by atoms with van der Waals surface area (Å²) in [5.41, 5.74) is 12.8. The van der Waals surface area contributed by atoms with Crippen molar-refractivity contribution in [2.24, 2.45) is 5.73 Å². The molecule has 0 aliphatic heterocycles. The molecule has 4 rings (SSSR count). The number of benzene rings is 2. The zero-order chi connectivity index (χ0) is 22.8. The van der Waals surface area contributed by atoms with Crippen LogP contribution < -0.4 is 26.6 Å². The molecule has 2 aromatic carbocycles. The van der Waals surface area contributed by atoms with Crippen LogP contribution in [0.2, 0.25) is 10.0 Å². The third-order valence-electron chi connectivity index (χ3n) is 4.75. The molecule has 4 N–H and O–H groups in total. The average Bonchev–Trinajstić information content (AvgIpc) is 2.79. The number of nitrogen functional groups attached to an aromatic ring is 1. The van der Waals surface area contributed by atoms with Gasteiger partial charge < -0.3 is 21.0 Å². The van der Waals surface area contributed by atoms with Crippen molar-refractivity contribution < 1.29 is 9.57 Å². The van der Waals surface area contributed by atoms with Crippen molar-refractivity contribution >= 4 is 40.1 Å². The molecule has 0 aliphatic rings. The second-order valence-electron chi connectivity index (χ2n) is 6.78. The minimum absolute atomic E-state index is 0.0765. The summed E-state index contributed by atoms with van der Waals surface area (Å²) in [6.07, 6.45) is 0. The van der Waals surface area contributed by atoms with E-state index in [9.17, 15) is 4.79 Å². The molecule has 0 fully saturated rings. The second-order valence-corrected chi connectivity index (χ2v) is 7.59. The third-order valence-corrected chi connectivity index (χ3v) is 5.38. The zero-order valence-corrected chi connectivity index (χ0v) is 18.5. The van der Waals surface area contributed by atoms with E-state index in [-0.39, 0.29) is 30.2 Å². The van der Waals surface area contributed by atoms with Crippen molar-refractivity contribution in [2.75, 3.05) is 26.0 Å². The fraction of sp³-hybridized carbons (Fsp3) is 0.136. The summed E-state index contributed by atoms with van der Waals surface area (Å²) < 4.78 is 6.33. The highest BCUT2D eigenvalue weighted by atomic mass is 35.5. The maximum atomic E-state index is 13.4. The van der Waals surface area contributed by atoms with E-state index in [0.717, 1.165) is 4.73 Å². The van der Waals surface area contributed by atoms with Crippen LogP contribution in [0.5, 0.6) is 5.75 Å². The molecular formula is C22H19Cl2N5O3. The minimum Gasteiger partial charge on any atom is -0.497 e. The molecular weight excluding hydrogens is 453 g/mol. The van der Waals surface area contributed by atoms with E-state index >= 15 is 0 Å². The first-order valence-corrected chi connectivity index (χ1v) is 10.4. The van der Waals surface area contributed by atoms with E-state index in [1.165, 1.54) is 0 Å². The van der Waals surface area contributed by atoms with Gasteiger partial charge in [0.25, 0.3) is 5.56 Å². The van der Waals surface area contributed by atoms with Gasteiger partial charge in [-0.2, -0.15) is 0 Å². The molecule has 0 aliphatic carbocycles. The third kappa shape index (κ3) is 3.95. The number of fused-ring (bicyclic) bond motifs is 1. The lowest BCUT2D eigenvalue weighted by Gasteiger charge is -2.15. The van der Waals surface area contributed by atoms with Gasteiger partial charge in [-0.3, -0.25) is 4.79 Å². The number of rotatable bonds is 6. The average molecular weight is 472 g/mol. The molecule has 0 bridgehead atoms. The zero-order valence-electron chi connectivity index (χ0n) is 17.0. The molecule has 2 aromatic heterocycles. The first-order chi connectivity index (χ1) is 15.4. The first kappa shape index (κ1) is 21.9. The highest BCUT2D eigenvalue weighted by molar-refractivity contribution is 6.39. The van der Waals surface area contributed by atoms with Crippen molar-refractivity contribution in [3.63, 3.8) is 0 Å². The number of ether oxygens (including phenoxy) is 1. The molecule has 2 heterocycles. The van der Waals surface area contributed by atoms with Crippen molar-refractivity contribution in [1.82, 2.24) is 14.7 Å². The Balaban J connectivity index is 2.02. The molecule has 32 heavy (non-hydrogen) atoms. The predicted octanol–water partition coefficient (Wildman–Crippen LogP) is 3.41. The van der Waals surface area contributed by atoms with Crippen LogP contribution in [0.25, 0.3) is 33.5 Å². The number of hydrogen-bond donors (Lipinski definition) is 2. The van der Waals surface area contributed by atoms with E-state index in [1.54, 1.807) is 49.6 Å². The van der Waals surface area contributed by atoms with Gasteiger partial charge in [-0.05, 0) is 30.3 Å². The molecule has 0 atom stereocenters. The summed E-state index contributed by atoms with van der Waals surface area (Å²) in [7, 11) is 1.56. The Hall–Kier alpha value is -3.33. The van der Waals surface area contributed by atoms with E-state index < -0.39 is 5.56 Å². The van der Waals surface area contributed by atoms with Crippen LogP contribution >= 0.6 is 23.2 Å². The van der Waals surface area contributed by atoms with Gasteiger partial charge in [0, 0.05) is 17.7 Å². The Morgan fingerprint density at radius 1 is 1.06 bits per heavy atom. The van der Waals surface area contributed by atoms with Crippen molar-refractivity contribution in [3.8, 4) is 28.3 Å². The van der Waals surface area contributed by atoms with Gasteiger partial charge in [0.1, 0.15) is 18.2 Å². The van der Waals surface area contributed by atoms with Crippen LogP contribution in [-0.4, -0.2) is 35.0 Å². The van der Waals surface area contributed by atoms with Crippen molar-refractivity contribution in [3.05, 3.63) is 68.9 Å². The van der Waals surface area contributed by atoms with Crippen LogP contribution in [-0.2, 0) is 0 Å². The maximum absolute atomic E-state index is 13.4. The standard InChI is InChI=1S/C22H19Cl2N5O3/c1-31-13-5-2-4-12(10-13)20-27-19(26)15-11-14(18-16(23)6-3-7-17(18)24)22(30)29(21(15)28-20)32-9-8-25/h2-7,10-11H,8-9,25H2,1H3,(H2,26,27,28). The highest BCUT2D eigenvalue weighted by Gasteiger charge is 2.20. The van der Waals surface area contributed by atoms with Crippen LogP contribution in [0, 0.1) is 0 Å². The lowest BCUT2D eigenvalue weighted by atomic mass is 10.1. The van der Waals surface area contributed by atoms with Gasteiger partial charge in [0.2, 0.25) is 0 Å². The first-order valence-electron chi connectivity index (χ1n) is 9.60. The molecule has 0 unspecified atom stereocenters. The van der Waals surface area contributed by atoms with Gasteiger partial charge >= 0.3 is 0 Å². The highest BCUT2D eigenvalue weighted by Crippen LogP contribution is 2.35. The van der Waals surface area contributed by atoms with Crippen LogP contribution in [0.15, 0.2) is 53.3 Å². The Morgan fingerprint density at radius 2 is 1.78 bits per heavy atom. The predicted molar refractivity (Wildman–Crippen MR) is 126 cm³/mol. The smallest absolute Gasteiger partial charge is 0.293 e. The monoisotopic (exact) mass is 471 g/mol. The lowest BCUT2D eigenvalue weighted by Crippen LogP contribution is -2.32. The van der Waals surface area contributed by atoms with Crippen molar-refractivity contribution in [1.29, 1.82) is 0 Å². The second kappa shape index (κ2) is 9.04. The normalized spacial score (nSPS) is 11.0. The van der Waals surface area contributed by atoms with E-state index in [4.69, 9.17) is 44.2 Å². The summed E-state index contributed by atoms with van der Waals surface area (Å²) in [4.78, 5) is 28.1. The summed E-state index contributed by atoms with van der Waals surface area (Å²) in [6.45, 7) is 0.265. The fourth-order valence-electron chi connectivity index (χ4n) is 3.27. The van der Waals surface area contributed by atoms with E-state index in [1.807, 2.05) is 6.07 Å². The summed E-state index contributed by atoms with van der Waals surface area (Å²) in [6, 6.07) is 13.7. The maximum Gasteiger partial charge on any atom is 0.293 e. The molecule has 4 aromatic rings. The number of anilines is 1. The molecule has 10 heteroatoms. The topological polar surface area (TPSA) is 118 Å².